The number of hydrogen-bond donors (Lipinski definition) is 2. The van der Waals surface area contributed by atoms with Crippen molar-refractivity contribution in [1.82, 2.24) is 15.6 Å². The molecule has 0 bridgehead atoms. The Hall–Kier alpha value is -3.03. The molecular formula is C22H25F2N3O3. The lowest BCUT2D eigenvalue weighted by Gasteiger charge is -2.22. The van der Waals surface area contributed by atoms with Gasteiger partial charge in [-0.25, -0.2) is 13.8 Å². The van der Waals surface area contributed by atoms with E-state index in [1.165, 1.54) is 18.9 Å². The van der Waals surface area contributed by atoms with Gasteiger partial charge in [0, 0.05) is 18.8 Å². The van der Waals surface area contributed by atoms with Gasteiger partial charge in [-0.15, -0.1) is 0 Å². The molecule has 0 radical (unpaired) electrons. The number of carbonyl (C=O) groups excluding carboxylic acids is 2. The van der Waals surface area contributed by atoms with Crippen LogP contribution in [0.25, 0.3) is 0 Å². The minimum atomic E-state index is -0.981. The molecule has 1 atom stereocenters. The highest BCUT2D eigenvalue weighted by Gasteiger charge is 2.27. The first-order valence-electron chi connectivity index (χ1n) is 9.95. The first kappa shape index (κ1) is 21.7. The van der Waals surface area contributed by atoms with Crippen molar-refractivity contribution in [1.29, 1.82) is 0 Å². The molecular weight excluding hydrogens is 392 g/mol. The number of rotatable bonds is 9. The van der Waals surface area contributed by atoms with E-state index in [0.29, 0.717) is 18.4 Å². The number of amides is 2. The monoisotopic (exact) mass is 417 g/mol. The van der Waals surface area contributed by atoms with E-state index >= 15 is 0 Å². The quantitative estimate of drug-likeness (QED) is 0.657. The van der Waals surface area contributed by atoms with Gasteiger partial charge in [-0.05, 0) is 42.4 Å². The van der Waals surface area contributed by atoms with Crippen LogP contribution in [0.4, 0.5) is 8.78 Å². The van der Waals surface area contributed by atoms with E-state index in [4.69, 9.17) is 4.74 Å². The summed E-state index contributed by atoms with van der Waals surface area (Å²) in [5, 5.41) is 5.15. The smallest absolute Gasteiger partial charge is 0.257 e. The number of nitrogens with zero attached hydrogens (tertiary/aromatic N) is 1. The molecule has 1 aromatic carbocycles. The summed E-state index contributed by atoms with van der Waals surface area (Å²) in [6.45, 7) is 4.33. The Bertz CT molecular complexity index is 879. The molecule has 6 nitrogen and oxygen atoms in total. The number of ether oxygens (including phenoxy) is 1. The maximum absolute atomic E-state index is 13.8. The van der Waals surface area contributed by atoms with Crippen LogP contribution in [0, 0.1) is 23.5 Å². The molecule has 1 heterocycles. The topological polar surface area (TPSA) is 80.3 Å². The molecule has 2 N–H and O–H groups in total. The lowest BCUT2D eigenvalue weighted by molar-refractivity contribution is -0.124. The summed E-state index contributed by atoms with van der Waals surface area (Å²) in [6.07, 6.45) is 4.00. The number of halogens is 2. The number of aromatic nitrogens is 1. The summed E-state index contributed by atoms with van der Waals surface area (Å²) in [6, 6.07) is 5.75. The van der Waals surface area contributed by atoms with Crippen LogP contribution in [0.5, 0.6) is 5.88 Å². The van der Waals surface area contributed by atoms with Gasteiger partial charge in [0.2, 0.25) is 11.8 Å². The molecule has 0 unspecified atom stereocenters. The molecule has 1 aromatic heterocycles. The van der Waals surface area contributed by atoms with Crippen LogP contribution in [-0.2, 0) is 11.3 Å². The van der Waals surface area contributed by atoms with Crippen molar-refractivity contribution in [2.75, 3.05) is 6.61 Å². The summed E-state index contributed by atoms with van der Waals surface area (Å²) in [5.74, 6) is -2.51. The van der Waals surface area contributed by atoms with Crippen LogP contribution in [-0.4, -0.2) is 29.4 Å². The van der Waals surface area contributed by atoms with Gasteiger partial charge < -0.3 is 15.4 Å². The molecule has 30 heavy (non-hydrogen) atoms. The first-order chi connectivity index (χ1) is 14.3. The Morgan fingerprint density at radius 2 is 1.87 bits per heavy atom. The third kappa shape index (κ3) is 5.75. The van der Waals surface area contributed by atoms with Gasteiger partial charge in [-0.1, -0.05) is 26.0 Å². The second-order valence-corrected chi connectivity index (χ2v) is 7.77. The van der Waals surface area contributed by atoms with Crippen molar-refractivity contribution in [3.63, 3.8) is 0 Å². The van der Waals surface area contributed by atoms with Gasteiger partial charge in [-0.2, -0.15) is 0 Å². The van der Waals surface area contributed by atoms with Crippen molar-refractivity contribution < 1.29 is 23.1 Å². The molecule has 0 spiro atoms. The summed E-state index contributed by atoms with van der Waals surface area (Å²) >= 11 is 0. The van der Waals surface area contributed by atoms with Gasteiger partial charge in [0.05, 0.1) is 6.61 Å². The minimum absolute atomic E-state index is 0.196. The largest absolute Gasteiger partial charge is 0.477 e. The normalized spacial score (nSPS) is 14.3. The highest BCUT2D eigenvalue weighted by atomic mass is 19.1. The Morgan fingerprint density at radius 3 is 2.43 bits per heavy atom. The third-order valence-corrected chi connectivity index (χ3v) is 4.85. The zero-order valence-corrected chi connectivity index (χ0v) is 17.0. The maximum Gasteiger partial charge on any atom is 0.257 e. The van der Waals surface area contributed by atoms with Crippen molar-refractivity contribution in [3.05, 3.63) is 59.3 Å². The van der Waals surface area contributed by atoms with Gasteiger partial charge in [0.25, 0.3) is 5.91 Å². The van der Waals surface area contributed by atoms with Crippen molar-refractivity contribution in [3.8, 4) is 5.88 Å². The van der Waals surface area contributed by atoms with E-state index in [1.807, 2.05) is 0 Å². The molecule has 2 aromatic rings. The standard InChI is InChI=1S/C22H25F2N3O3/c1-13(2)20(27-21(28)19-16(23)4-3-5-17(19)24)22(29)26-11-15-8-9-18(25-10-15)30-12-14-6-7-14/h3-5,8-10,13-14,20H,6-7,11-12H2,1-2H3,(H,26,29)(H,27,28)/t20-/m0/s1. The summed E-state index contributed by atoms with van der Waals surface area (Å²) in [7, 11) is 0. The number of benzene rings is 1. The first-order valence-corrected chi connectivity index (χ1v) is 9.95. The van der Waals surface area contributed by atoms with E-state index in [1.54, 1.807) is 32.2 Å². The number of nitrogens with one attached hydrogen (secondary N) is 2. The molecule has 8 heteroatoms. The molecule has 0 saturated heterocycles. The van der Waals surface area contributed by atoms with Crippen LogP contribution in [0.15, 0.2) is 36.5 Å². The number of hydrogen-bond acceptors (Lipinski definition) is 4. The molecule has 1 saturated carbocycles. The van der Waals surface area contributed by atoms with Crippen LogP contribution in [0.2, 0.25) is 0 Å². The third-order valence-electron chi connectivity index (χ3n) is 4.85. The molecule has 0 aliphatic heterocycles. The molecule has 3 rings (SSSR count). The Labute approximate surface area is 174 Å². The van der Waals surface area contributed by atoms with Gasteiger partial charge >= 0.3 is 0 Å². The molecule has 1 fully saturated rings. The minimum Gasteiger partial charge on any atom is -0.477 e. The van der Waals surface area contributed by atoms with Crippen molar-refractivity contribution in [2.24, 2.45) is 11.8 Å². The molecule has 2 amide bonds. The van der Waals surface area contributed by atoms with E-state index in [2.05, 4.69) is 15.6 Å². The lowest BCUT2D eigenvalue weighted by atomic mass is 10.0. The van der Waals surface area contributed by atoms with Crippen molar-refractivity contribution in [2.45, 2.75) is 39.3 Å². The fourth-order valence-corrected chi connectivity index (χ4v) is 2.85. The fourth-order valence-electron chi connectivity index (χ4n) is 2.85. The number of carbonyl (C=O) groups is 2. The highest BCUT2D eigenvalue weighted by molar-refractivity contribution is 5.98. The predicted octanol–water partition coefficient (Wildman–Crippen LogP) is 3.22. The van der Waals surface area contributed by atoms with Crippen molar-refractivity contribution >= 4 is 11.8 Å². The fraction of sp³-hybridized carbons (Fsp3) is 0.409. The molecule has 1 aliphatic rings. The molecule has 160 valence electrons. The summed E-state index contributed by atoms with van der Waals surface area (Å²) in [4.78, 5) is 29.1. The Balaban J connectivity index is 1.56. The number of pyridine rings is 1. The highest BCUT2D eigenvalue weighted by Crippen LogP contribution is 2.29. The second-order valence-electron chi connectivity index (χ2n) is 7.77. The summed E-state index contributed by atoms with van der Waals surface area (Å²) < 4.78 is 33.3. The Morgan fingerprint density at radius 1 is 1.17 bits per heavy atom. The lowest BCUT2D eigenvalue weighted by Crippen LogP contribution is -2.49. The average Bonchev–Trinajstić information content (AvgIpc) is 3.53. The van der Waals surface area contributed by atoms with Crippen LogP contribution < -0.4 is 15.4 Å². The molecule has 1 aliphatic carbocycles. The van der Waals surface area contributed by atoms with E-state index in [0.717, 1.165) is 17.7 Å². The van der Waals surface area contributed by atoms with E-state index < -0.39 is 35.1 Å². The SMILES string of the molecule is CC(C)[C@H](NC(=O)c1c(F)cccc1F)C(=O)NCc1ccc(OCC2CC2)nc1. The van der Waals surface area contributed by atoms with Crippen LogP contribution in [0.3, 0.4) is 0 Å². The van der Waals surface area contributed by atoms with Gasteiger partial charge in [0.1, 0.15) is 23.2 Å². The maximum atomic E-state index is 13.8. The van der Waals surface area contributed by atoms with Crippen LogP contribution in [0.1, 0.15) is 42.6 Å². The zero-order valence-electron chi connectivity index (χ0n) is 17.0. The summed E-state index contributed by atoms with van der Waals surface area (Å²) in [5.41, 5.74) is 0.0537. The van der Waals surface area contributed by atoms with E-state index in [9.17, 15) is 18.4 Å². The van der Waals surface area contributed by atoms with E-state index in [-0.39, 0.29) is 12.5 Å². The average molecular weight is 417 g/mol. The Kier molecular flexibility index (Phi) is 6.97. The second kappa shape index (κ2) is 9.65. The zero-order chi connectivity index (χ0) is 21.7. The van der Waals surface area contributed by atoms with Gasteiger partial charge in [0.15, 0.2) is 0 Å². The predicted molar refractivity (Wildman–Crippen MR) is 107 cm³/mol. The van der Waals surface area contributed by atoms with Crippen LogP contribution >= 0.6 is 0 Å². The van der Waals surface area contributed by atoms with Gasteiger partial charge in [-0.3, -0.25) is 9.59 Å².